The van der Waals surface area contributed by atoms with Crippen LogP contribution in [-0.2, 0) is 9.59 Å². The van der Waals surface area contributed by atoms with Gasteiger partial charge in [0.05, 0.1) is 23.9 Å². The average Bonchev–Trinajstić information content (AvgIpc) is 3.60. The first kappa shape index (κ1) is 23.5. The summed E-state index contributed by atoms with van der Waals surface area (Å²) in [6, 6.07) is 1.23. The van der Waals surface area contributed by atoms with E-state index in [2.05, 4.69) is 4.90 Å². The van der Waals surface area contributed by atoms with Crippen LogP contribution >= 0.6 is 0 Å². The Labute approximate surface area is 201 Å². The van der Waals surface area contributed by atoms with Gasteiger partial charge < -0.3 is 28.9 Å². The van der Waals surface area contributed by atoms with Crippen LogP contribution < -0.4 is 15.1 Å². The van der Waals surface area contributed by atoms with Crippen molar-refractivity contribution in [2.24, 2.45) is 11.8 Å². The van der Waals surface area contributed by atoms with Gasteiger partial charge in [-0.05, 0) is 44.2 Å². The van der Waals surface area contributed by atoms with Crippen molar-refractivity contribution in [1.82, 2.24) is 9.47 Å². The highest BCUT2D eigenvalue weighted by Gasteiger charge is 2.42. The number of aldehydes is 2. The maximum atomic E-state index is 15.7. The molecule has 186 valence electrons. The summed E-state index contributed by atoms with van der Waals surface area (Å²) in [7, 11) is 1.43. The van der Waals surface area contributed by atoms with Crippen molar-refractivity contribution in [3.63, 3.8) is 0 Å². The number of halogens is 1. The second kappa shape index (κ2) is 9.07. The van der Waals surface area contributed by atoms with Crippen LogP contribution in [0.2, 0.25) is 0 Å². The van der Waals surface area contributed by atoms with E-state index in [1.54, 1.807) is 4.57 Å². The Bertz CT molecular complexity index is 1250. The lowest BCUT2D eigenvalue weighted by Gasteiger charge is -2.37. The average molecular weight is 486 g/mol. The van der Waals surface area contributed by atoms with Crippen LogP contribution in [0.3, 0.4) is 0 Å². The van der Waals surface area contributed by atoms with E-state index in [0.29, 0.717) is 37.7 Å². The van der Waals surface area contributed by atoms with Crippen molar-refractivity contribution in [2.45, 2.75) is 37.8 Å². The molecule has 3 heterocycles. The van der Waals surface area contributed by atoms with Gasteiger partial charge in [0.15, 0.2) is 11.6 Å². The van der Waals surface area contributed by atoms with Gasteiger partial charge >= 0.3 is 5.97 Å². The van der Waals surface area contributed by atoms with E-state index in [-0.39, 0.29) is 40.4 Å². The lowest BCUT2D eigenvalue weighted by atomic mass is 9.91. The molecule has 0 spiro atoms. The first-order valence-corrected chi connectivity index (χ1v) is 12.0. The normalized spacial score (nSPS) is 22.4. The fourth-order valence-corrected chi connectivity index (χ4v) is 5.80. The number of methoxy groups -OCH3 is 1. The lowest BCUT2D eigenvalue weighted by Crippen LogP contribution is -2.47. The molecule has 0 unspecified atom stereocenters. The van der Waals surface area contributed by atoms with Gasteiger partial charge in [-0.2, -0.15) is 0 Å². The molecule has 2 aliphatic heterocycles. The number of ether oxygens (including phenoxy) is 1. The molecule has 2 aromatic rings. The Kier molecular flexibility index (Phi) is 6.08. The third-order valence-electron chi connectivity index (χ3n) is 7.58. The largest absolute Gasteiger partial charge is 0.492 e. The van der Waals surface area contributed by atoms with Crippen LogP contribution in [0.4, 0.5) is 10.1 Å². The third-order valence-corrected chi connectivity index (χ3v) is 7.58. The van der Waals surface area contributed by atoms with Crippen molar-refractivity contribution in [2.75, 3.05) is 38.2 Å². The van der Waals surface area contributed by atoms with Gasteiger partial charge in [-0.25, -0.2) is 9.18 Å². The van der Waals surface area contributed by atoms with E-state index < -0.39 is 23.1 Å². The number of benzene rings is 1. The molecule has 2 atom stereocenters. The number of fused-ring (bicyclic) bond motifs is 2. The summed E-state index contributed by atoms with van der Waals surface area (Å²) in [6.07, 6.45) is 6.23. The van der Waals surface area contributed by atoms with E-state index in [9.17, 15) is 24.3 Å². The Hall–Kier alpha value is -3.27. The molecule has 35 heavy (non-hydrogen) atoms. The molecule has 1 aromatic carbocycles. The predicted octanol–water partition coefficient (Wildman–Crippen LogP) is 2.10. The number of anilines is 1. The number of carboxylic acids is 1. The molecule has 1 N–H and O–H groups in total. The molecule has 0 amide bonds. The van der Waals surface area contributed by atoms with E-state index in [1.165, 1.54) is 13.3 Å². The number of hydrogen-bond donors (Lipinski definition) is 1. The van der Waals surface area contributed by atoms with Crippen LogP contribution in [0.15, 0.2) is 17.1 Å². The van der Waals surface area contributed by atoms with Crippen LogP contribution in [0.5, 0.6) is 5.75 Å². The van der Waals surface area contributed by atoms with Gasteiger partial charge in [-0.15, -0.1) is 0 Å². The molecular formula is C25H28FN3O6. The van der Waals surface area contributed by atoms with Crippen LogP contribution in [0, 0.1) is 17.7 Å². The highest BCUT2D eigenvalue weighted by molar-refractivity contribution is 5.97. The summed E-state index contributed by atoms with van der Waals surface area (Å²) in [5, 5.41) is 9.51. The van der Waals surface area contributed by atoms with Crippen molar-refractivity contribution in [1.29, 1.82) is 0 Å². The van der Waals surface area contributed by atoms with E-state index >= 15 is 4.39 Å². The zero-order valence-corrected chi connectivity index (χ0v) is 19.5. The topological polar surface area (TPSA) is 109 Å². The van der Waals surface area contributed by atoms with Gasteiger partial charge in [-0.3, -0.25) is 9.69 Å². The molecule has 3 fully saturated rings. The second-order valence-electron chi connectivity index (χ2n) is 9.76. The monoisotopic (exact) mass is 485 g/mol. The van der Waals surface area contributed by atoms with Crippen molar-refractivity contribution in [3.8, 4) is 5.75 Å². The maximum Gasteiger partial charge on any atom is 0.341 e. The minimum atomic E-state index is -1.34. The first-order valence-electron chi connectivity index (χ1n) is 12.0. The zero-order valence-electron chi connectivity index (χ0n) is 19.5. The Morgan fingerprint density at radius 3 is 2.63 bits per heavy atom. The fourth-order valence-electron chi connectivity index (χ4n) is 5.80. The number of carbonyl (C=O) groups is 3. The number of aromatic nitrogens is 1. The van der Waals surface area contributed by atoms with E-state index in [0.717, 1.165) is 38.3 Å². The SMILES string of the molecule is COc1c(N2C[C@@H]3CCCN(CC(C=O)C=O)[C@@H]3C2)c(F)cc2c(=O)c(C(=O)O)cn(C3CC3)c12. The number of likely N-dealkylation sites (tertiary alicyclic amines) is 1. The quantitative estimate of drug-likeness (QED) is 0.447. The molecule has 0 radical (unpaired) electrons. The van der Waals surface area contributed by atoms with E-state index in [1.807, 2.05) is 4.90 Å². The highest BCUT2D eigenvalue weighted by atomic mass is 19.1. The highest BCUT2D eigenvalue weighted by Crippen LogP contribution is 2.45. The molecular weight excluding hydrogens is 457 g/mol. The standard InChI is InChI=1S/C25H28FN3O6/c1-35-24-21-17(23(32)18(25(33)34)10-29(21)16-4-5-16)7-19(26)22(24)28-9-15-3-2-6-27(20(15)11-28)8-14(12-30)13-31/h7,10,12-16,20H,2-6,8-9,11H2,1H3,(H,33,34)/t15-,20+/m0/s1. The van der Waals surface area contributed by atoms with Crippen molar-refractivity contribution >= 4 is 35.1 Å². The summed E-state index contributed by atoms with van der Waals surface area (Å²) < 4.78 is 23.1. The molecule has 2 saturated heterocycles. The molecule has 1 saturated carbocycles. The van der Waals surface area contributed by atoms with Crippen molar-refractivity contribution < 1.29 is 28.6 Å². The van der Waals surface area contributed by atoms with Gasteiger partial charge in [-0.1, -0.05) is 0 Å². The van der Waals surface area contributed by atoms with E-state index in [4.69, 9.17) is 4.74 Å². The van der Waals surface area contributed by atoms with Crippen LogP contribution in [-0.4, -0.2) is 72.4 Å². The second-order valence-corrected chi connectivity index (χ2v) is 9.76. The third kappa shape index (κ3) is 3.99. The minimum Gasteiger partial charge on any atom is -0.492 e. The molecule has 1 aromatic heterocycles. The summed E-state index contributed by atoms with van der Waals surface area (Å²) in [4.78, 5) is 51.1. The van der Waals surface area contributed by atoms with Gasteiger partial charge in [0.2, 0.25) is 5.43 Å². The number of rotatable bonds is 8. The van der Waals surface area contributed by atoms with Gasteiger partial charge in [0.1, 0.15) is 23.8 Å². The minimum absolute atomic E-state index is 0.00653. The molecule has 5 rings (SSSR count). The molecule has 9 nitrogen and oxygen atoms in total. The molecule has 0 bridgehead atoms. The number of piperidine rings is 1. The number of carbonyl (C=O) groups excluding carboxylic acids is 2. The Morgan fingerprint density at radius 2 is 2.00 bits per heavy atom. The number of aromatic carboxylic acids is 1. The maximum absolute atomic E-state index is 15.7. The molecule has 10 heteroatoms. The van der Waals surface area contributed by atoms with Crippen molar-refractivity contribution in [3.05, 3.63) is 33.9 Å². The van der Waals surface area contributed by atoms with Crippen LogP contribution in [0.25, 0.3) is 10.9 Å². The Morgan fingerprint density at radius 1 is 1.26 bits per heavy atom. The summed E-state index contributed by atoms with van der Waals surface area (Å²) in [5.41, 5.74) is -0.451. The van der Waals surface area contributed by atoms with Gasteiger partial charge in [0.25, 0.3) is 0 Å². The lowest BCUT2D eigenvalue weighted by molar-refractivity contribution is -0.120. The summed E-state index contributed by atoms with van der Waals surface area (Å²) in [5.74, 6) is -2.21. The summed E-state index contributed by atoms with van der Waals surface area (Å²) >= 11 is 0. The smallest absolute Gasteiger partial charge is 0.341 e. The number of hydrogen-bond acceptors (Lipinski definition) is 7. The first-order chi connectivity index (χ1) is 16.9. The predicted molar refractivity (Wildman–Crippen MR) is 126 cm³/mol. The van der Waals surface area contributed by atoms with Gasteiger partial charge in [0, 0.05) is 37.9 Å². The summed E-state index contributed by atoms with van der Waals surface area (Å²) in [6.45, 7) is 2.19. The number of pyridine rings is 1. The number of nitrogens with zero attached hydrogens (tertiary/aromatic N) is 3. The Balaban J connectivity index is 1.59. The number of carboxylic acid groups (broad SMARTS) is 1. The van der Waals surface area contributed by atoms with Crippen LogP contribution in [0.1, 0.15) is 42.1 Å². The zero-order chi connectivity index (χ0) is 24.9. The molecule has 1 aliphatic carbocycles. The fraction of sp³-hybridized carbons (Fsp3) is 0.520. The molecule has 3 aliphatic rings.